The average Bonchev–Trinajstić information content (AvgIpc) is 4.08. The number of imidazole rings is 1. The molecule has 0 saturated carbocycles. The lowest BCUT2D eigenvalue weighted by Crippen LogP contribution is -2.54. The predicted molar refractivity (Wildman–Crippen MR) is 237 cm³/mol. The minimum atomic E-state index is -1.02. The van der Waals surface area contributed by atoms with Crippen molar-refractivity contribution in [2.45, 2.75) is 31.8 Å². The first-order valence-corrected chi connectivity index (χ1v) is 21.9. The van der Waals surface area contributed by atoms with E-state index in [1.54, 1.807) is 35.1 Å². The molecule has 2 unspecified atom stereocenters. The maximum atomic E-state index is 13.2. The number of likely N-dealkylation sites (tertiary alicyclic amines) is 1. The number of nitrogens with zero attached hydrogens (tertiary/aromatic N) is 5. The monoisotopic (exact) mass is 894 g/mol. The molecule has 3 aliphatic rings. The first-order chi connectivity index (χ1) is 31.7. The zero-order valence-corrected chi connectivity index (χ0v) is 36.3. The Morgan fingerprint density at radius 1 is 0.862 bits per heavy atom. The number of hydrogen-bond donors (Lipinski definition) is 5. The average molecular weight is 895 g/mol. The number of hydrogen-bond acceptors (Lipinski definition) is 15. The van der Waals surface area contributed by atoms with E-state index < -0.39 is 29.7 Å². The van der Waals surface area contributed by atoms with Gasteiger partial charge in [-0.3, -0.25) is 43.8 Å². The highest BCUT2D eigenvalue weighted by atomic mass is 16.6. The molecule has 0 bridgehead atoms. The molecule has 344 valence electrons. The molecule has 2 fully saturated rings. The lowest BCUT2D eigenvalue weighted by atomic mass is 10.0. The number of carbonyl (C=O) groups excluding carboxylic acids is 5. The van der Waals surface area contributed by atoms with Crippen LogP contribution in [0.3, 0.4) is 0 Å². The number of aryl methyl sites for hydroxylation is 1. The van der Waals surface area contributed by atoms with E-state index in [9.17, 15) is 24.0 Å². The number of rotatable bonds is 24. The van der Waals surface area contributed by atoms with Crippen LogP contribution in [0, 0.1) is 5.92 Å². The number of hydroxylamine groups is 1. The maximum Gasteiger partial charge on any atom is 0.264 e. The van der Waals surface area contributed by atoms with Crippen molar-refractivity contribution in [3.05, 3.63) is 83.3 Å². The maximum absolute atomic E-state index is 13.2. The summed E-state index contributed by atoms with van der Waals surface area (Å²) in [5, 5.41) is 13.5. The Morgan fingerprint density at radius 3 is 2.42 bits per heavy atom. The van der Waals surface area contributed by atoms with Gasteiger partial charge in [0.1, 0.15) is 11.9 Å². The molecule has 8 rings (SSSR count). The number of ether oxygens (including phenoxy) is 4. The summed E-state index contributed by atoms with van der Waals surface area (Å²) in [4.78, 5) is 80.3. The van der Waals surface area contributed by atoms with Crippen LogP contribution in [0.5, 0.6) is 0 Å². The van der Waals surface area contributed by atoms with Gasteiger partial charge in [-0.2, -0.15) is 5.10 Å². The number of aromatic amines is 1. The number of carbonyl (C=O) groups is 5. The summed E-state index contributed by atoms with van der Waals surface area (Å²) < 4.78 is 24.2. The Balaban J connectivity index is 0.606. The molecule has 5 amide bonds. The zero-order chi connectivity index (χ0) is 45.1. The van der Waals surface area contributed by atoms with Gasteiger partial charge in [-0.15, -0.1) is 0 Å². The SMILES string of the molecule is Cn1ncc2cc(C(=O)Nc3ccc4nc(CN5CCC(CONCCOCCOCCOCCOCCNc6cccc7c6C(=O)N(C6CCC(=O)NC6=O)C7=O)C5)[nH]c4c3)ccc21. The number of anilines is 2. The summed E-state index contributed by atoms with van der Waals surface area (Å²) in [5.74, 6) is -1.07. The molecular weight excluding hydrogens is 841 g/mol. The Labute approximate surface area is 374 Å². The second-order valence-corrected chi connectivity index (χ2v) is 16.1. The molecule has 2 atom stereocenters. The molecule has 0 radical (unpaired) electrons. The number of aromatic nitrogens is 4. The third-order valence-corrected chi connectivity index (χ3v) is 11.5. The largest absolute Gasteiger partial charge is 0.382 e. The van der Waals surface area contributed by atoms with Crippen LogP contribution in [0.2, 0.25) is 0 Å². The van der Waals surface area contributed by atoms with E-state index in [2.05, 4.69) is 36.4 Å². The molecule has 0 aliphatic carbocycles. The molecule has 3 aliphatic heterocycles. The molecule has 5 heterocycles. The van der Waals surface area contributed by atoms with E-state index in [1.165, 1.54) is 0 Å². The van der Waals surface area contributed by atoms with Crippen LogP contribution < -0.4 is 21.4 Å². The molecule has 2 aromatic heterocycles. The van der Waals surface area contributed by atoms with Gasteiger partial charge in [0.25, 0.3) is 17.7 Å². The standard InChI is InChI=1S/C45H54N10O10/c1-53-37-8-5-30(23-31(37)25-47-53)42(57)49-32-6-7-34-36(24-32)51-39(50-34)27-54-14-11-29(26-54)28-65-48-13-16-62-18-20-64-22-21-63-19-17-61-15-12-46-35-4-2-3-33-41(35)45(60)55(44(33)59)38-9-10-40(56)52-43(38)58/h2-8,23-25,29,38,46,48H,9-22,26-28H2,1H3,(H,49,57)(H,50,51)(H,52,56,58). The third-order valence-electron chi connectivity index (χ3n) is 11.5. The molecule has 20 heteroatoms. The highest BCUT2D eigenvalue weighted by molar-refractivity contribution is 6.25. The minimum absolute atomic E-state index is 0.0628. The zero-order valence-electron chi connectivity index (χ0n) is 36.3. The predicted octanol–water partition coefficient (Wildman–Crippen LogP) is 2.62. The van der Waals surface area contributed by atoms with E-state index in [-0.39, 0.29) is 29.9 Å². The Hall–Kier alpha value is -6.13. The molecule has 65 heavy (non-hydrogen) atoms. The molecule has 5 aromatic rings. The van der Waals surface area contributed by atoms with Crippen LogP contribution in [-0.4, -0.2) is 151 Å². The third kappa shape index (κ3) is 11.4. The highest BCUT2D eigenvalue weighted by Crippen LogP contribution is 2.32. The van der Waals surface area contributed by atoms with Crippen LogP contribution in [0.25, 0.3) is 21.9 Å². The molecular formula is C45H54N10O10. The summed E-state index contributed by atoms with van der Waals surface area (Å²) in [6.07, 6.45) is 2.95. The molecule has 0 spiro atoms. The van der Waals surface area contributed by atoms with E-state index in [0.717, 1.165) is 52.2 Å². The van der Waals surface area contributed by atoms with Gasteiger partial charge in [0.2, 0.25) is 11.8 Å². The number of amides is 5. The lowest BCUT2D eigenvalue weighted by Gasteiger charge is -2.27. The van der Waals surface area contributed by atoms with Crippen molar-refractivity contribution in [2.24, 2.45) is 13.0 Å². The van der Waals surface area contributed by atoms with E-state index >= 15 is 0 Å². The summed E-state index contributed by atoms with van der Waals surface area (Å²) in [6.45, 7) is 7.44. The van der Waals surface area contributed by atoms with Crippen LogP contribution in [0.15, 0.2) is 60.8 Å². The van der Waals surface area contributed by atoms with E-state index in [0.29, 0.717) is 102 Å². The van der Waals surface area contributed by atoms with Crippen molar-refractivity contribution >= 4 is 62.8 Å². The van der Waals surface area contributed by atoms with Crippen LogP contribution in [0.4, 0.5) is 11.4 Å². The fraction of sp³-hybridized carbons (Fsp3) is 0.444. The van der Waals surface area contributed by atoms with E-state index in [1.807, 2.05) is 37.4 Å². The van der Waals surface area contributed by atoms with Gasteiger partial charge in [0, 0.05) is 55.4 Å². The highest BCUT2D eigenvalue weighted by Gasteiger charge is 2.45. The molecule has 20 nitrogen and oxygen atoms in total. The normalized spacial score (nSPS) is 17.7. The lowest BCUT2D eigenvalue weighted by molar-refractivity contribution is -0.136. The summed E-state index contributed by atoms with van der Waals surface area (Å²) in [7, 11) is 1.87. The number of H-pyrrole nitrogens is 1. The number of imide groups is 2. The van der Waals surface area contributed by atoms with Crippen LogP contribution in [-0.2, 0) is 47.0 Å². The molecule has 5 N–H and O–H groups in total. The Bertz CT molecular complexity index is 2510. The van der Waals surface area contributed by atoms with Crippen molar-refractivity contribution in [3.8, 4) is 0 Å². The van der Waals surface area contributed by atoms with Gasteiger partial charge < -0.3 is 39.4 Å². The fourth-order valence-corrected chi connectivity index (χ4v) is 8.17. The minimum Gasteiger partial charge on any atom is -0.382 e. The second-order valence-electron chi connectivity index (χ2n) is 16.1. The van der Waals surface area contributed by atoms with Crippen molar-refractivity contribution < 1.29 is 47.8 Å². The van der Waals surface area contributed by atoms with Gasteiger partial charge in [-0.1, -0.05) is 6.07 Å². The van der Waals surface area contributed by atoms with Gasteiger partial charge in [0.15, 0.2) is 0 Å². The Kier molecular flexibility index (Phi) is 15.2. The smallest absolute Gasteiger partial charge is 0.264 e. The summed E-state index contributed by atoms with van der Waals surface area (Å²) in [5.41, 5.74) is 7.85. The quantitative estimate of drug-likeness (QED) is 0.0341. The first kappa shape index (κ1) is 45.4. The number of fused-ring (bicyclic) bond motifs is 3. The molecule has 2 saturated heterocycles. The van der Waals surface area contributed by atoms with Crippen LogP contribution in [0.1, 0.15) is 56.2 Å². The van der Waals surface area contributed by atoms with Crippen molar-refractivity contribution in [2.75, 3.05) is 96.3 Å². The van der Waals surface area contributed by atoms with Crippen molar-refractivity contribution in [1.82, 2.24) is 40.3 Å². The number of nitrogens with one attached hydrogen (secondary N) is 5. The first-order valence-electron chi connectivity index (χ1n) is 21.9. The van der Waals surface area contributed by atoms with Gasteiger partial charge in [0.05, 0.1) is 99.9 Å². The van der Waals surface area contributed by atoms with Crippen LogP contribution >= 0.6 is 0 Å². The number of benzene rings is 3. The second kappa shape index (κ2) is 21.7. The van der Waals surface area contributed by atoms with Gasteiger partial charge in [-0.25, -0.2) is 10.5 Å². The van der Waals surface area contributed by atoms with E-state index in [4.69, 9.17) is 28.8 Å². The topological polar surface area (TPSA) is 233 Å². The summed E-state index contributed by atoms with van der Waals surface area (Å²) >= 11 is 0. The fourth-order valence-electron chi connectivity index (χ4n) is 8.17. The Morgan fingerprint density at radius 2 is 1.63 bits per heavy atom. The van der Waals surface area contributed by atoms with Crippen molar-refractivity contribution in [3.63, 3.8) is 0 Å². The van der Waals surface area contributed by atoms with Gasteiger partial charge in [-0.05, 0) is 73.8 Å². The molecule has 3 aromatic carbocycles. The van der Waals surface area contributed by atoms with Gasteiger partial charge >= 0.3 is 0 Å². The van der Waals surface area contributed by atoms with Crippen molar-refractivity contribution in [1.29, 1.82) is 0 Å². The summed E-state index contributed by atoms with van der Waals surface area (Å²) in [6, 6.07) is 15.1. The number of piperidine rings is 1.